The minimum Gasteiger partial charge on any atom is -0.468 e. The van der Waals surface area contributed by atoms with Crippen LogP contribution in [0.1, 0.15) is 124 Å². The van der Waals surface area contributed by atoms with Crippen molar-refractivity contribution in [2.75, 3.05) is 26.9 Å². The highest BCUT2D eigenvalue weighted by molar-refractivity contribution is 5.76. The molecule has 0 aliphatic carbocycles. The zero-order valence-electron chi connectivity index (χ0n) is 26.0. The van der Waals surface area contributed by atoms with Crippen LogP contribution >= 0.6 is 0 Å². The molecule has 0 heterocycles. The van der Waals surface area contributed by atoms with Crippen LogP contribution in [0.2, 0.25) is 0 Å². The lowest BCUT2D eigenvalue weighted by Gasteiger charge is -2.26. The maximum absolute atomic E-state index is 13.0. The zero-order valence-corrected chi connectivity index (χ0v) is 26.0. The van der Waals surface area contributed by atoms with Gasteiger partial charge in [-0.3, -0.25) is 19.7 Å². The number of carbonyl (C=O) groups excluding carboxylic acids is 4. The van der Waals surface area contributed by atoms with Gasteiger partial charge in [0, 0.05) is 12.8 Å². The van der Waals surface area contributed by atoms with Crippen LogP contribution in [-0.2, 0) is 33.3 Å². The van der Waals surface area contributed by atoms with Gasteiger partial charge in [0.05, 0.1) is 13.3 Å². The second kappa shape index (κ2) is 26.5. The van der Waals surface area contributed by atoms with Gasteiger partial charge in [-0.2, -0.15) is 0 Å². The van der Waals surface area contributed by atoms with Gasteiger partial charge >= 0.3 is 24.0 Å². The summed E-state index contributed by atoms with van der Waals surface area (Å²) in [5.74, 6) is -1.20. The number of nitrogens with two attached hydrogens (primary N) is 1. The summed E-state index contributed by atoms with van der Waals surface area (Å²) in [6, 6.07) is -0.619. The lowest BCUT2D eigenvalue weighted by Crippen LogP contribution is -2.53. The second-order valence-corrected chi connectivity index (χ2v) is 10.4. The molecule has 0 bridgehead atoms. The van der Waals surface area contributed by atoms with Gasteiger partial charge in [-0.1, -0.05) is 78.6 Å². The average molecular weight is 588 g/mol. The lowest BCUT2D eigenvalue weighted by molar-refractivity contribution is -0.152. The fraction of sp³-hybridized carbons (Fsp3) is 0.867. The van der Waals surface area contributed by atoms with Crippen molar-refractivity contribution >= 4 is 24.0 Å². The smallest absolute Gasteiger partial charge is 0.408 e. The number of methoxy groups -OCH3 is 1. The third-order valence-electron chi connectivity index (χ3n) is 6.58. The monoisotopic (exact) mass is 587 g/mol. The van der Waals surface area contributed by atoms with E-state index in [9.17, 15) is 19.2 Å². The number of hydrogen-bond acceptors (Lipinski definition) is 10. The van der Waals surface area contributed by atoms with Crippen LogP contribution in [0.15, 0.2) is 0 Å². The van der Waals surface area contributed by atoms with Gasteiger partial charge in [-0.05, 0) is 38.6 Å². The predicted molar refractivity (Wildman–Crippen MR) is 158 cm³/mol. The van der Waals surface area contributed by atoms with Crippen LogP contribution in [-0.4, -0.2) is 69.2 Å². The molecule has 0 saturated carbocycles. The third kappa shape index (κ3) is 21.9. The Morgan fingerprint density at radius 1 is 0.707 bits per heavy atom. The van der Waals surface area contributed by atoms with E-state index in [0.717, 1.165) is 64.2 Å². The first-order chi connectivity index (χ1) is 19.8. The van der Waals surface area contributed by atoms with Crippen molar-refractivity contribution in [3.63, 3.8) is 0 Å². The number of unbranched alkanes of at least 4 members (excludes halogenated alkanes) is 8. The molecule has 0 radical (unpaired) electrons. The summed E-state index contributed by atoms with van der Waals surface area (Å²) in [6.07, 6.45) is 9.96. The maximum Gasteiger partial charge on any atom is 0.408 e. The molecular formula is C30H57N3O8. The fourth-order valence-corrected chi connectivity index (χ4v) is 4.12. The zero-order chi connectivity index (χ0) is 30.7. The topological polar surface area (TPSA) is 155 Å². The van der Waals surface area contributed by atoms with Gasteiger partial charge in [0.2, 0.25) is 0 Å². The summed E-state index contributed by atoms with van der Waals surface area (Å²) in [5, 5.41) is 6.00. The van der Waals surface area contributed by atoms with Gasteiger partial charge in [0.15, 0.2) is 6.10 Å². The molecule has 0 saturated heterocycles. The Labute approximate surface area is 247 Å². The molecule has 0 aliphatic heterocycles. The highest BCUT2D eigenvalue weighted by Gasteiger charge is 2.26. The number of alkyl carbamates (subject to hydrolysis) is 1. The van der Waals surface area contributed by atoms with Crippen LogP contribution in [0, 0.1) is 0 Å². The maximum atomic E-state index is 13.0. The molecule has 2 unspecified atom stereocenters. The van der Waals surface area contributed by atoms with Crippen LogP contribution in [0.4, 0.5) is 4.79 Å². The number of amides is 1. The number of ether oxygens (including phenoxy) is 4. The average Bonchev–Trinajstić information content (AvgIpc) is 2.95. The largest absolute Gasteiger partial charge is 0.468 e. The quantitative estimate of drug-likeness (QED) is 0.0551. The minimum atomic E-state index is -0.970. The van der Waals surface area contributed by atoms with E-state index in [-0.39, 0.29) is 26.1 Å². The highest BCUT2D eigenvalue weighted by Crippen LogP contribution is 2.10. The van der Waals surface area contributed by atoms with Gasteiger partial charge in [0.25, 0.3) is 0 Å². The molecular weight excluding hydrogens is 530 g/mol. The van der Waals surface area contributed by atoms with E-state index in [2.05, 4.69) is 17.6 Å². The Morgan fingerprint density at radius 2 is 1.24 bits per heavy atom. The number of carbonyl (C=O) groups is 4. The summed E-state index contributed by atoms with van der Waals surface area (Å²) in [6.45, 7) is 6.28. The van der Waals surface area contributed by atoms with E-state index in [1.165, 1.54) is 7.11 Å². The van der Waals surface area contributed by atoms with Crippen LogP contribution in [0.5, 0.6) is 0 Å². The van der Waals surface area contributed by atoms with Crippen molar-refractivity contribution in [3.05, 3.63) is 0 Å². The number of nitrogens with one attached hydrogen (secondary N) is 2. The van der Waals surface area contributed by atoms with E-state index in [1.54, 1.807) is 0 Å². The number of hydrogen-bond donors (Lipinski definition) is 3. The molecule has 0 aromatic carbocycles. The van der Waals surface area contributed by atoms with Crippen LogP contribution in [0.25, 0.3) is 0 Å². The first-order valence-electron chi connectivity index (χ1n) is 15.6. The minimum absolute atomic E-state index is 0.223. The van der Waals surface area contributed by atoms with E-state index >= 15 is 0 Å². The summed E-state index contributed by atoms with van der Waals surface area (Å²) in [7, 11) is 1.33. The molecule has 240 valence electrons. The molecule has 41 heavy (non-hydrogen) atoms. The second-order valence-electron chi connectivity index (χ2n) is 10.4. The third-order valence-corrected chi connectivity index (χ3v) is 6.58. The summed E-state index contributed by atoms with van der Waals surface area (Å²) in [5.41, 5.74) is 5.61. The molecule has 1 amide bonds. The van der Waals surface area contributed by atoms with E-state index < -0.39 is 42.3 Å². The molecule has 0 aromatic heterocycles. The van der Waals surface area contributed by atoms with Crippen molar-refractivity contribution in [2.24, 2.45) is 5.73 Å². The Bertz CT molecular complexity index is 681. The van der Waals surface area contributed by atoms with Crippen molar-refractivity contribution < 1.29 is 38.1 Å². The van der Waals surface area contributed by atoms with Crippen LogP contribution < -0.4 is 16.4 Å². The number of rotatable bonds is 26. The van der Waals surface area contributed by atoms with Crippen molar-refractivity contribution in [3.8, 4) is 0 Å². The normalized spacial score (nSPS) is 12.4. The van der Waals surface area contributed by atoms with Gasteiger partial charge < -0.3 is 30.0 Å². The Morgan fingerprint density at radius 3 is 1.76 bits per heavy atom. The Kier molecular flexibility index (Phi) is 24.9. The lowest BCUT2D eigenvalue weighted by atomic mass is 10.1. The van der Waals surface area contributed by atoms with Crippen molar-refractivity contribution in [2.45, 2.75) is 142 Å². The molecule has 0 aliphatic rings. The highest BCUT2D eigenvalue weighted by atomic mass is 16.6. The van der Waals surface area contributed by atoms with E-state index in [0.29, 0.717) is 32.2 Å². The van der Waals surface area contributed by atoms with Crippen LogP contribution in [0.3, 0.4) is 0 Å². The standard InChI is InChI=1S/C30H57N3O8/c1-5-8-11-14-18-26(32-25(29(36)38-4)17-15-16-21-31)33-30(37)41-24(22-39-27(34)19-12-9-6-2)23-40-28(35)20-13-10-7-3/h24-26,32H,5-23,31H2,1-4H3,(H,33,37). The van der Waals surface area contributed by atoms with Crippen molar-refractivity contribution in [1.29, 1.82) is 0 Å². The SMILES string of the molecule is CCCCCCC(NC(=O)OC(COC(=O)CCCCC)COC(=O)CCCCC)NC(CCCCN)C(=O)OC. The molecule has 2 atom stereocenters. The molecule has 0 fully saturated rings. The van der Waals surface area contributed by atoms with E-state index in [1.807, 2.05) is 13.8 Å². The molecule has 0 rings (SSSR count). The summed E-state index contributed by atoms with van der Waals surface area (Å²) in [4.78, 5) is 49.7. The molecule has 11 heteroatoms. The molecule has 0 spiro atoms. The Hall–Kier alpha value is -2.40. The first-order valence-corrected chi connectivity index (χ1v) is 15.6. The molecule has 0 aromatic rings. The first kappa shape index (κ1) is 38.6. The van der Waals surface area contributed by atoms with Gasteiger partial charge in [0.1, 0.15) is 19.3 Å². The van der Waals surface area contributed by atoms with Crippen molar-refractivity contribution in [1.82, 2.24) is 10.6 Å². The van der Waals surface area contributed by atoms with Gasteiger partial charge in [-0.25, -0.2) is 4.79 Å². The Balaban J connectivity index is 5.33. The summed E-state index contributed by atoms with van der Waals surface area (Å²) >= 11 is 0. The summed E-state index contributed by atoms with van der Waals surface area (Å²) < 4.78 is 21.2. The predicted octanol–water partition coefficient (Wildman–Crippen LogP) is 4.88. The molecule has 4 N–H and O–H groups in total. The number of esters is 3. The fourth-order valence-electron chi connectivity index (χ4n) is 4.12. The van der Waals surface area contributed by atoms with E-state index in [4.69, 9.17) is 24.7 Å². The molecule has 11 nitrogen and oxygen atoms in total. The van der Waals surface area contributed by atoms with Gasteiger partial charge in [-0.15, -0.1) is 0 Å².